The van der Waals surface area contributed by atoms with Crippen LogP contribution in [0.15, 0.2) is 219 Å². The molecule has 0 atom stereocenters. The number of aromatic nitrogens is 1. The van der Waals surface area contributed by atoms with Crippen LogP contribution in [0.4, 0.5) is 0 Å². The Morgan fingerprint density at radius 1 is 0.500 bits per heavy atom. The van der Waals surface area contributed by atoms with Crippen LogP contribution in [0.1, 0.15) is 52.8 Å². The Labute approximate surface area is 375 Å². The zero-order valence-corrected chi connectivity index (χ0v) is 36.1. The molecular weight excluding hydrogens is 775 g/mol. The average Bonchev–Trinajstić information content (AvgIpc) is 3.80. The summed E-state index contributed by atoms with van der Waals surface area (Å²) < 4.78 is 8.56. The summed E-state index contributed by atoms with van der Waals surface area (Å²) >= 11 is 0. The van der Waals surface area contributed by atoms with Crippen molar-refractivity contribution in [3.05, 3.63) is 258 Å². The highest BCUT2D eigenvalue weighted by molar-refractivity contribution is 6.10. The van der Waals surface area contributed by atoms with Crippen LogP contribution in [0.25, 0.3) is 78.6 Å². The van der Waals surface area contributed by atoms with Crippen molar-refractivity contribution < 1.29 is 4.74 Å². The predicted molar refractivity (Wildman–Crippen MR) is 270 cm³/mol. The van der Waals surface area contributed by atoms with Crippen LogP contribution in [-0.4, -0.2) is 4.57 Å². The van der Waals surface area contributed by atoms with Crippen molar-refractivity contribution in [3.8, 4) is 44.8 Å². The summed E-state index contributed by atoms with van der Waals surface area (Å²) in [6.07, 6.45) is 4.21. The third kappa shape index (κ3) is 7.04. The minimum Gasteiger partial charge on any atom is -0.489 e. The first-order valence-electron chi connectivity index (χ1n) is 22.1. The molecule has 1 aliphatic rings. The van der Waals surface area contributed by atoms with Crippen molar-refractivity contribution in [2.45, 2.75) is 25.9 Å². The van der Waals surface area contributed by atoms with Crippen molar-refractivity contribution in [1.29, 1.82) is 0 Å². The van der Waals surface area contributed by atoms with E-state index in [0.717, 1.165) is 28.1 Å². The Kier molecular flexibility index (Phi) is 9.78. The van der Waals surface area contributed by atoms with Gasteiger partial charge >= 0.3 is 0 Å². The van der Waals surface area contributed by atoms with Gasteiger partial charge in [0, 0.05) is 21.9 Å². The van der Waals surface area contributed by atoms with Crippen molar-refractivity contribution in [1.82, 2.24) is 4.57 Å². The summed E-state index contributed by atoms with van der Waals surface area (Å²) in [5, 5.41) is 2.46. The summed E-state index contributed by atoms with van der Waals surface area (Å²) in [6, 6.07) is 76.9. The predicted octanol–water partition coefficient (Wildman–Crippen LogP) is 16.2. The van der Waals surface area contributed by atoms with Crippen molar-refractivity contribution >= 4 is 39.5 Å². The van der Waals surface area contributed by atoms with Crippen molar-refractivity contribution in [2.75, 3.05) is 0 Å². The standard InChI is InChI=1S/C62H47NO/c1-4-42-18-20-44(21-19-42)41-64-52-34-32-51(33-35-52)63-60-17-11-9-15-55(60)56-37-30-49(40-61(56)63)47-24-22-43(23-25-47)38-57(48-28-26-46(27-29-48)45-12-6-5-7-13-45)50-31-36-54-53-14-8-10-16-58(53)62(2,3)59(54)39-50/h4-40H,1,41H2,2-3H3/b57-38-. The number of fused-ring (bicyclic) bond motifs is 6. The normalized spacial score (nSPS) is 12.9. The Bertz CT molecular complexity index is 3370. The molecule has 64 heavy (non-hydrogen) atoms. The fourth-order valence-corrected chi connectivity index (χ4v) is 9.65. The van der Waals surface area contributed by atoms with Crippen molar-refractivity contribution in [2.24, 2.45) is 0 Å². The smallest absolute Gasteiger partial charge is 0.119 e. The van der Waals surface area contributed by atoms with Crippen LogP contribution in [0.5, 0.6) is 5.75 Å². The molecule has 1 aliphatic carbocycles. The topological polar surface area (TPSA) is 14.2 Å². The molecule has 0 unspecified atom stereocenters. The van der Waals surface area contributed by atoms with Gasteiger partial charge in [-0.15, -0.1) is 0 Å². The number of hydrogen-bond acceptors (Lipinski definition) is 1. The first-order chi connectivity index (χ1) is 31.4. The molecule has 0 radical (unpaired) electrons. The van der Waals surface area contributed by atoms with Gasteiger partial charge in [-0.3, -0.25) is 0 Å². The fourth-order valence-electron chi connectivity index (χ4n) is 9.65. The molecule has 0 fully saturated rings. The van der Waals surface area contributed by atoms with E-state index in [9.17, 15) is 0 Å². The molecule has 1 heterocycles. The average molecular weight is 822 g/mol. The van der Waals surface area contributed by atoms with E-state index < -0.39 is 0 Å². The summed E-state index contributed by atoms with van der Waals surface area (Å²) in [5.41, 5.74) is 20.5. The maximum atomic E-state index is 6.19. The number of nitrogens with zero attached hydrogens (tertiary/aromatic N) is 1. The summed E-state index contributed by atoms with van der Waals surface area (Å²) in [6.45, 7) is 9.08. The van der Waals surface area contributed by atoms with Gasteiger partial charge in [-0.05, 0) is 126 Å². The first kappa shape index (κ1) is 38.9. The minimum absolute atomic E-state index is 0.0875. The Morgan fingerprint density at radius 2 is 1.11 bits per heavy atom. The van der Waals surface area contributed by atoms with Gasteiger partial charge in [0.15, 0.2) is 0 Å². The van der Waals surface area contributed by atoms with Crippen molar-refractivity contribution in [3.63, 3.8) is 0 Å². The van der Waals surface area contributed by atoms with Gasteiger partial charge in [-0.25, -0.2) is 0 Å². The lowest BCUT2D eigenvalue weighted by atomic mass is 9.81. The van der Waals surface area contributed by atoms with E-state index >= 15 is 0 Å². The van der Waals surface area contributed by atoms with E-state index in [-0.39, 0.29) is 5.41 Å². The highest BCUT2D eigenvalue weighted by atomic mass is 16.5. The molecule has 10 aromatic rings. The van der Waals surface area contributed by atoms with Crippen LogP contribution >= 0.6 is 0 Å². The maximum Gasteiger partial charge on any atom is 0.119 e. The van der Waals surface area contributed by atoms with Gasteiger partial charge in [0.25, 0.3) is 0 Å². The molecule has 1 aromatic heterocycles. The second kappa shape index (κ2) is 16.1. The van der Waals surface area contributed by atoms with E-state index in [0.29, 0.717) is 6.61 Å². The van der Waals surface area contributed by atoms with Gasteiger partial charge in [0.2, 0.25) is 0 Å². The SMILES string of the molecule is C=Cc1ccc(COc2ccc(-n3c4ccccc4c4ccc(-c5ccc(/C=C(/c6ccc(-c7ccccc7)cc6)c6ccc7c(c6)C(C)(C)c6ccccc6-7)cc5)cc43)cc2)cc1. The monoisotopic (exact) mass is 821 g/mol. The van der Waals surface area contributed by atoms with E-state index in [1.165, 1.54) is 83.0 Å². The molecule has 0 bridgehead atoms. The first-order valence-corrected chi connectivity index (χ1v) is 22.1. The third-order valence-electron chi connectivity index (χ3n) is 13.1. The van der Waals surface area contributed by atoms with Gasteiger partial charge in [-0.2, -0.15) is 0 Å². The van der Waals surface area contributed by atoms with Crippen LogP contribution in [0.2, 0.25) is 0 Å². The lowest BCUT2D eigenvalue weighted by Crippen LogP contribution is -2.15. The molecule has 0 aliphatic heterocycles. The summed E-state index contributed by atoms with van der Waals surface area (Å²) in [7, 11) is 0. The molecular formula is C62H47NO. The van der Waals surface area contributed by atoms with Crippen LogP contribution < -0.4 is 4.74 Å². The number of hydrogen-bond donors (Lipinski definition) is 0. The van der Waals surface area contributed by atoms with Gasteiger partial charge in [0.1, 0.15) is 12.4 Å². The highest BCUT2D eigenvalue weighted by Crippen LogP contribution is 2.49. The second-order valence-corrected chi connectivity index (χ2v) is 17.4. The van der Waals surface area contributed by atoms with Crippen LogP contribution in [0.3, 0.4) is 0 Å². The van der Waals surface area contributed by atoms with E-state index in [1.54, 1.807) is 0 Å². The molecule has 306 valence electrons. The molecule has 0 saturated heterocycles. The maximum absolute atomic E-state index is 6.19. The van der Waals surface area contributed by atoms with E-state index in [4.69, 9.17) is 4.74 Å². The number of benzene rings is 9. The molecule has 2 heteroatoms. The highest BCUT2D eigenvalue weighted by Gasteiger charge is 2.35. The van der Waals surface area contributed by atoms with Crippen LogP contribution in [-0.2, 0) is 12.0 Å². The van der Waals surface area contributed by atoms with E-state index in [2.05, 4.69) is 243 Å². The van der Waals surface area contributed by atoms with Gasteiger partial charge in [0.05, 0.1) is 11.0 Å². The molecule has 9 aromatic carbocycles. The molecule has 0 spiro atoms. The molecule has 0 N–H and O–H groups in total. The minimum atomic E-state index is -0.0875. The lowest BCUT2D eigenvalue weighted by molar-refractivity contribution is 0.306. The number of para-hydroxylation sites is 1. The molecule has 0 saturated carbocycles. The number of rotatable bonds is 10. The summed E-state index contributed by atoms with van der Waals surface area (Å²) in [5.74, 6) is 0.838. The Hall–Kier alpha value is -7.94. The van der Waals surface area contributed by atoms with E-state index in [1.807, 2.05) is 6.08 Å². The second-order valence-electron chi connectivity index (χ2n) is 17.4. The Balaban J connectivity index is 0.934. The number of ether oxygens (including phenoxy) is 1. The molecule has 0 amide bonds. The quantitative estimate of drug-likeness (QED) is 0.125. The lowest BCUT2D eigenvalue weighted by Gasteiger charge is -2.22. The zero-order valence-electron chi connectivity index (χ0n) is 36.1. The third-order valence-corrected chi connectivity index (χ3v) is 13.1. The molecule has 11 rings (SSSR count). The summed E-state index contributed by atoms with van der Waals surface area (Å²) in [4.78, 5) is 0. The molecule has 2 nitrogen and oxygen atoms in total. The fraction of sp³-hybridized carbons (Fsp3) is 0.0645. The zero-order chi connectivity index (χ0) is 43.2. The largest absolute Gasteiger partial charge is 0.489 e. The van der Waals surface area contributed by atoms with Gasteiger partial charge < -0.3 is 9.30 Å². The van der Waals surface area contributed by atoms with Crippen LogP contribution in [0, 0.1) is 0 Å². The van der Waals surface area contributed by atoms with Gasteiger partial charge in [-0.1, -0.05) is 196 Å². The Morgan fingerprint density at radius 3 is 1.89 bits per heavy atom.